The van der Waals surface area contributed by atoms with Gasteiger partial charge in [0.05, 0.1) is 5.69 Å². The first kappa shape index (κ1) is 21.4. The van der Waals surface area contributed by atoms with Crippen LogP contribution in [0.15, 0.2) is 27.8 Å². The third-order valence-corrected chi connectivity index (χ3v) is 7.33. The number of hydrogen-bond acceptors (Lipinski definition) is 7. The Kier molecular flexibility index (Phi) is 7.61. The molecule has 28 heavy (non-hydrogen) atoms. The number of nitrogens with zero attached hydrogens (tertiary/aromatic N) is 2. The molecule has 0 bridgehead atoms. The van der Waals surface area contributed by atoms with Gasteiger partial charge in [0.15, 0.2) is 0 Å². The van der Waals surface area contributed by atoms with Crippen molar-refractivity contribution in [2.45, 2.75) is 49.5 Å². The van der Waals surface area contributed by atoms with E-state index in [4.69, 9.17) is 0 Å². The molecule has 1 fully saturated rings. The van der Waals surface area contributed by atoms with Crippen LogP contribution >= 0.6 is 27.5 Å². The maximum Gasteiger partial charge on any atom is 0.266 e. The Labute approximate surface area is 176 Å². The van der Waals surface area contributed by atoms with Crippen molar-refractivity contribution in [3.8, 4) is 0 Å². The Morgan fingerprint density at radius 3 is 2.75 bits per heavy atom. The fourth-order valence-corrected chi connectivity index (χ4v) is 5.33. The minimum atomic E-state index is -4.07. The van der Waals surface area contributed by atoms with Crippen molar-refractivity contribution in [2.24, 2.45) is 0 Å². The SMILES string of the molecule is O=S(=O)(Nc1ncns1)c1cc(Br)c(NCCCCCC[C@@H]2CCN2)cc1F. The van der Waals surface area contributed by atoms with E-state index in [0.29, 0.717) is 22.7 Å². The third-order valence-electron chi connectivity index (χ3n) is 4.61. The Morgan fingerprint density at radius 1 is 1.29 bits per heavy atom. The van der Waals surface area contributed by atoms with Crippen molar-refractivity contribution in [3.05, 3.63) is 28.7 Å². The van der Waals surface area contributed by atoms with E-state index in [-0.39, 0.29) is 5.13 Å². The van der Waals surface area contributed by atoms with Gasteiger partial charge in [-0.2, -0.15) is 4.37 Å². The van der Waals surface area contributed by atoms with Crippen LogP contribution in [0, 0.1) is 5.82 Å². The second kappa shape index (κ2) is 9.95. The van der Waals surface area contributed by atoms with E-state index < -0.39 is 20.7 Å². The molecule has 3 N–H and O–H groups in total. The van der Waals surface area contributed by atoms with E-state index in [1.54, 1.807) is 0 Å². The zero-order chi connectivity index (χ0) is 20.0. The molecular formula is C17H23BrFN5O2S2. The lowest BCUT2D eigenvalue weighted by Crippen LogP contribution is -2.42. The van der Waals surface area contributed by atoms with Crippen LogP contribution in [-0.2, 0) is 10.0 Å². The van der Waals surface area contributed by atoms with Crippen LogP contribution in [0.25, 0.3) is 0 Å². The lowest BCUT2D eigenvalue weighted by atomic mass is 10.00. The highest BCUT2D eigenvalue weighted by atomic mass is 79.9. The number of aromatic nitrogens is 2. The molecule has 1 atom stereocenters. The first-order chi connectivity index (χ1) is 13.5. The van der Waals surface area contributed by atoms with Crippen LogP contribution in [-0.4, -0.2) is 36.9 Å². The zero-order valence-electron chi connectivity index (χ0n) is 15.2. The van der Waals surface area contributed by atoms with Crippen LogP contribution < -0.4 is 15.4 Å². The molecule has 1 aromatic carbocycles. The molecule has 0 spiro atoms. The van der Waals surface area contributed by atoms with E-state index in [2.05, 4.69) is 40.6 Å². The summed E-state index contributed by atoms with van der Waals surface area (Å²) in [7, 11) is -4.07. The minimum absolute atomic E-state index is 0.0887. The van der Waals surface area contributed by atoms with Gasteiger partial charge < -0.3 is 10.6 Å². The molecule has 2 heterocycles. The molecule has 1 aliphatic heterocycles. The van der Waals surface area contributed by atoms with Crippen molar-refractivity contribution in [3.63, 3.8) is 0 Å². The average molecular weight is 492 g/mol. The topological polar surface area (TPSA) is 96.0 Å². The normalized spacial score (nSPS) is 16.6. The molecule has 1 aliphatic rings. The summed E-state index contributed by atoms with van der Waals surface area (Å²) >= 11 is 4.20. The van der Waals surface area contributed by atoms with Gasteiger partial charge in [-0.15, -0.1) is 0 Å². The molecule has 1 aromatic heterocycles. The van der Waals surface area contributed by atoms with Gasteiger partial charge in [-0.05, 0) is 53.9 Å². The van der Waals surface area contributed by atoms with Crippen LogP contribution in [0.4, 0.5) is 15.2 Å². The molecule has 11 heteroatoms. The fourth-order valence-electron chi connectivity index (χ4n) is 2.95. The fraction of sp³-hybridized carbons (Fsp3) is 0.529. The van der Waals surface area contributed by atoms with Crippen molar-refractivity contribution in [2.75, 3.05) is 23.1 Å². The van der Waals surface area contributed by atoms with Crippen molar-refractivity contribution in [1.82, 2.24) is 14.7 Å². The van der Waals surface area contributed by atoms with Crippen molar-refractivity contribution < 1.29 is 12.8 Å². The number of halogens is 2. The molecule has 2 aromatic rings. The van der Waals surface area contributed by atoms with E-state index in [0.717, 1.165) is 30.9 Å². The number of nitrogens with one attached hydrogen (secondary N) is 3. The predicted octanol–water partition coefficient (Wildman–Crippen LogP) is 3.96. The van der Waals surface area contributed by atoms with Crippen molar-refractivity contribution >= 4 is 48.3 Å². The second-order valence-electron chi connectivity index (χ2n) is 6.68. The lowest BCUT2D eigenvalue weighted by molar-refractivity contribution is 0.339. The van der Waals surface area contributed by atoms with E-state index in [1.807, 2.05) is 0 Å². The van der Waals surface area contributed by atoms with Crippen LogP contribution in [0.1, 0.15) is 38.5 Å². The number of benzene rings is 1. The van der Waals surface area contributed by atoms with E-state index >= 15 is 0 Å². The molecule has 0 saturated carbocycles. The first-order valence-electron chi connectivity index (χ1n) is 9.21. The summed E-state index contributed by atoms with van der Waals surface area (Å²) in [5, 5.41) is 6.66. The largest absolute Gasteiger partial charge is 0.384 e. The molecule has 0 radical (unpaired) electrons. The highest BCUT2D eigenvalue weighted by Crippen LogP contribution is 2.29. The average Bonchev–Trinajstić information content (AvgIpc) is 3.10. The molecular weight excluding hydrogens is 469 g/mol. The van der Waals surface area contributed by atoms with Gasteiger partial charge in [-0.3, -0.25) is 4.72 Å². The maximum atomic E-state index is 14.4. The molecule has 0 amide bonds. The standard InChI is InChI=1S/C17H23BrFN5O2S2/c18-13-9-16(28(25,26)24-17-22-11-23-27-17)14(19)10-15(13)21-7-4-2-1-3-5-12-6-8-20-12/h9-12,20-21H,1-8H2,(H,22,23,24)/t12-/m1/s1. The van der Waals surface area contributed by atoms with E-state index in [9.17, 15) is 12.8 Å². The summed E-state index contributed by atoms with van der Waals surface area (Å²) in [6.45, 7) is 1.85. The highest BCUT2D eigenvalue weighted by Gasteiger charge is 2.22. The zero-order valence-corrected chi connectivity index (χ0v) is 18.5. The molecule has 7 nitrogen and oxygen atoms in total. The predicted molar refractivity (Wildman–Crippen MR) is 113 cm³/mol. The quantitative estimate of drug-likeness (QED) is 0.411. The maximum absolute atomic E-state index is 14.4. The van der Waals surface area contributed by atoms with Gasteiger partial charge in [0.25, 0.3) is 10.0 Å². The summed E-state index contributed by atoms with van der Waals surface area (Å²) in [4.78, 5) is 3.31. The van der Waals surface area contributed by atoms with Gasteiger partial charge in [-0.1, -0.05) is 19.3 Å². The summed E-state index contributed by atoms with van der Waals surface area (Å²) in [6, 6.07) is 3.17. The van der Waals surface area contributed by atoms with Crippen LogP contribution in [0.3, 0.4) is 0 Å². The lowest BCUT2D eigenvalue weighted by Gasteiger charge is -2.27. The van der Waals surface area contributed by atoms with Crippen LogP contribution in [0.5, 0.6) is 0 Å². The summed E-state index contributed by atoms with van der Waals surface area (Å²) in [6.07, 6.45) is 8.26. The monoisotopic (exact) mass is 491 g/mol. The molecule has 3 rings (SSSR count). The number of hydrogen-bond donors (Lipinski definition) is 3. The van der Waals surface area contributed by atoms with E-state index in [1.165, 1.54) is 44.1 Å². The third kappa shape index (κ3) is 5.85. The second-order valence-corrected chi connectivity index (χ2v) is 9.97. The van der Waals surface area contributed by atoms with Gasteiger partial charge in [0, 0.05) is 28.6 Å². The Hall–Kier alpha value is -1.30. The highest BCUT2D eigenvalue weighted by molar-refractivity contribution is 9.10. The Morgan fingerprint density at radius 2 is 2.07 bits per heavy atom. The first-order valence-corrected chi connectivity index (χ1v) is 12.3. The van der Waals surface area contributed by atoms with Gasteiger partial charge >= 0.3 is 0 Å². The number of unbranched alkanes of at least 4 members (excludes halogenated alkanes) is 3. The Bertz CT molecular complexity index is 876. The number of sulfonamides is 1. The molecule has 1 saturated heterocycles. The molecule has 154 valence electrons. The minimum Gasteiger partial charge on any atom is -0.384 e. The summed E-state index contributed by atoms with van der Waals surface area (Å²) in [5.41, 5.74) is 0.533. The number of rotatable bonds is 11. The van der Waals surface area contributed by atoms with Crippen LogP contribution in [0.2, 0.25) is 0 Å². The molecule has 0 aliphatic carbocycles. The van der Waals surface area contributed by atoms with Gasteiger partial charge in [-0.25, -0.2) is 17.8 Å². The Balaban J connectivity index is 1.48. The summed E-state index contributed by atoms with van der Waals surface area (Å²) in [5.74, 6) is -0.823. The molecule has 0 unspecified atom stereocenters. The van der Waals surface area contributed by atoms with Crippen molar-refractivity contribution in [1.29, 1.82) is 0 Å². The number of anilines is 2. The smallest absolute Gasteiger partial charge is 0.266 e. The summed E-state index contributed by atoms with van der Waals surface area (Å²) < 4.78 is 45.6. The van der Waals surface area contributed by atoms with Gasteiger partial charge in [0.2, 0.25) is 5.13 Å². The van der Waals surface area contributed by atoms with Gasteiger partial charge in [0.1, 0.15) is 17.0 Å².